The summed E-state index contributed by atoms with van der Waals surface area (Å²) in [5.41, 5.74) is 3.18. The van der Waals surface area contributed by atoms with Crippen molar-refractivity contribution in [3.8, 4) is 11.5 Å². The van der Waals surface area contributed by atoms with Crippen molar-refractivity contribution in [3.63, 3.8) is 0 Å². The monoisotopic (exact) mass is 422 g/mol. The Hall–Kier alpha value is -3.24. The molecule has 1 atom stereocenters. The lowest BCUT2D eigenvalue weighted by Gasteiger charge is -2.31. The SMILES string of the molecule is CC(C)N1CCc2cnc(C(=O)Nc3cccc(-c4nnnn4[C@H](C)CO)n3)cc2C1. The molecule has 1 aliphatic rings. The smallest absolute Gasteiger partial charge is 0.275 e. The molecule has 0 spiro atoms. The first kappa shape index (κ1) is 21.0. The lowest BCUT2D eigenvalue weighted by atomic mass is 10.00. The molecule has 4 rings (SSSR count). The summed E-state index contributed by atoms with van der Waals surface area (Å²) in [5.74, 6) is 0.466. The quantitative estimate of drug-likeness (QED) is 0.616. The van der Waals surface area contributed by atoms with Gasteiger partial charge in [0.25, 0.3) is 5.91 Å². The number of rotatable bonds is 6. The van der Waals surface area contributed by atoms with Gasteiger partial charge in [-0.05, 0) is 66.9 Å². The van der Waals surface area contributed by atoms with Gasteiger partial charge in [0.1, 0.15) is 17.2 Å². The zero-order valence-electron chi connectivity index (χ0n) is 17.9. The van der Waals surface area contributed by atoms with Gasteiger partial charge in [-0.2, -0.15) is 0 Å². The lowest BCUT2D eigenvalue weighted by molar-refractivity contribution is 0.102. The van der Waals surface area contributed by atoms with Crippen molar-refractivity contribution >= 4 is 11.7 Å². The van der Waals surface area contributed by atoms with Crippen LogP contribution in [0.4, 0.5) is 5.82 Å². The van der Waals surface area contributed by atoms with Gasteiger partial charge in [0, 0.05) is 25.3 Å². The number of hydrogen-bond acceptors (Lipinski definition) is 8. The second-order valence-corrected chi connectivity index (χ2v) is 7.99. The Morgan fingerprint density at radius 3 is 2.87 bits per heavy atom. The van der Waals surface area contributed by atoms with Crippen molar-refractivity contribution in [2.45, 2.75) is 45.8 Å². The Kier molecular flexibility index (Phi) is 6.01. The summed E-state index contributed by atoms with van der Waals surface area (Å²) < 4.78 is 1.50. The van der Waals surface area contributed by atoms with Crippen molar-refractivity contribution in [1.82, 2.24) is 35.1 Å². The molecule has 0 bridgehead atoms. The second kappa shape index (κ2) is 8.86. The highest BCUT2D eigenvalue weighted by molar-refractivity contribution is 6.02. The number of carbonyl (C=O) groups excluding carboxylic acids is 1. The summed E-state index contributed by atoms with van der Waals surface area (Å²) in [6, 6.07) is 7.24. The highest BCUT2D eigenvalue weighted by Gasteiger charge is 2.21. The summed E-state index contributed by atoms with van der Waals surface area (Å²) >= 11 is 0. The Bertz CT molecular complexity index is 1080. The summed E-state index contributed by atoms with van der Waals surface area (Å²) in [7, 11) is 0. The zero-order valence-corrected chi connectivity index (χ0v) is 17.9. The number of nitrogens with one attached hydrogen (secondary N) is 1. The molecule has 0 radical (unpaired) electrons. The molecule has 4 heterocycles. The predicted octanol–water partition coefficient (Wildman–Crippen LogP) is 1.70. The molecule has 0 saturated carbocycles. The molecule has 0 unspecified atom stereocenters. The van der Waals surface area contributed by atoms with E-state index < -0.39 is 0 Å². The number of carbonyl (C=O) groups is 1. The van der Waals surface area contributed by atoms with E-state index in [1.807, 2.05) is 6.07 Å². The highest BCUT2D eigenvalue weighted by Crippen LogP contribution is 2.22. The summed E-state index contributed by atoms with van der Waals surface area (Å²) in [6.45, 7) is 7.87. The van der Waals surface area contributed by atoms with Crippen molar-refractivity contribution < 1.29 is 9.90 Å². The maximum absolute atomic E-state index is 12.8. The number of tetrazole rings is 1. The number of hydrogen-bond donors (Lipinski definition) is 2. The average Bonchev–Trinajstić information content (AvgIpc) is 3.28. The fourth-order valence-electron chi connectivity index (χ4n) is 3.57. The molecule has 3 aromatic heterocycles. The molecule has 3 aromatic rings. The summed E-state index contributed by atoms with van der Waals surface area (Å²) in [5, 5.41) is 23.8. The van der Waals surface area contributed by atoms with Gasteiger partial charge in [0.2, 0.25) is 5.82 Å². The molecule has 0 aromatic carbocycles. The molecule has 0 aliphatic carbocycles. The van der Waals surface area contributed by atoms with Crippen LogP contribution < -0.4 is 5.32 Å². The first-order chi connectivity index (χ1) is 15.0. The number of pyridine rings is 2. The van der Waals surface area contributed by atoms with Crippen LogP contribution in [0.2, 0.25) is 0 Å². The number of fused-ring (bicyclic) bond motifs is 1. The van der Waals surface area contributed by atoms with E-state index in [1.165, 1.54) is 10.2 Å². The second-order valence-electron chi connectivity index (χ2n) is 7.99. The van der Waals surface area contributed by atoms with Gasteiger partial charge in [-0.25, -0.2) is 9.67 Å². The van der Waals surface area contributed by atoms with Crippen LogP contribution in [0.1, 0.15) is 48.4 Å². The molecule has 0 fully saturated rings. The Labute approximate surface area is 180 Å². The maximum atomic E-state index is 12.8. The van der Waals surface area contributed by atoms with E-state index in [9.17, 15) is 9.90 Å². The van der Waals surface area contributed by atoms with E-state index in [0.29, 0.717) is 29.1 Å². The highest BCUT2D eigenvalue weighted by atomic mass is 16.3. The Morgan fingerprint density at radius 2 is 2.10 bits per heavy atom. The molecule has 0 saturated heterocycles. The zero-order chi connectivity index (χ0) is 22.0. The average molecular weight is 422 g/mol. The largest absolute Gasteiger partial charge is 0.394 e. The fraction of sp³-hybridized carbons (Fsp3) is 0.429. The lowest BCUT2D eigenvalue weighted by Crippen LogP contribution is -2.36. The van der Waals surface area contributed by atoms with E-state index in [2.05, 4.69) is 49.6 Å². The summed E-state index contributed by atoms with van der Waals surface area (Å²) in [4.78, 5) is 24.0. The van der Waals surface area contributed by atoms with Crippen molar-refractivity contribution in [3.05, 3.63) is 47.3 Å². The first-order valence-electron chi connectivity index (χ1n) is 10.4. The minimum atomic E-state index is -0.322. The number of aliphatic hydroxyl groups excluding tert-OH is 1. The third-order valence-electron chi connectivity index (χ3n) is 5.48. The number of aliphatic hydroxyl groups is 1. The minimum Gasteiger partial charge on any atom is -0.394 e. The summed E-state index contributed by atoms with van der Waals surface area (Å²) in [6.07, 6.45) is 2.74. The van der Waals surface area contributed by atoms with E-state index in [1.54, 1.807) is 31.3 Å². The van der Waals surface area contributed by atoms with E-state index in [-0.39, 0.29) is 18.6 Å². The van der Waals surface area contributed by atoms with Gasteiger partial charge in [0.15, 0.2) is 0 Å². The molecular formula is C21H26N8O2. The predicted molar refractivity (Wildman–Crippen MR) is 114 cm³/mol. The molecular weight excluding hydrogens is 396 g/mol. The molecule has 10 nitrogen and oxygen atoms in total. The van der Waals surface area contributed by atoms with Gasteiger partial charge >= 0.3 is 0 Å². The normalized spacial score (nSPS) is 15.0. The third-order valence-corrected chi connectivity index (χ3v) is 5.48. The van der Waals surface area contributed by atoms with Crippen LogP contribution in [0.5, 0.6) is 0 Å². The van der Waals surface area contributed by atoms with Crippen LogP contribution in [0, 0.1) is 0 Å². The van der Waals surface area contributed by atoms with Gasteiger partial charge < -0.3 is 10.4 Å². The van der Waals surface area contributed by atoms with E-state index in [0.717, 1.165) is 25.1 Å². The molecule has 1 amide bonds. The van der Waals surface area contributed by atoms with Crippen LogP contribution in [-0.2, 0) is 13.0 Å². The molecule has 31 heavy (non-hydrogen) atoms. The molecule has 2 N–H and O–H groups in total. The number of aromatic nitrogens is 6. The van der Waals surface area contributed by atoms with Gasteiger partial charge in [0.05, 0.1) is 12.6 Å². The van der Waals surface area contributed by atoms with Gasteiger partial charge in [-0.1, -0.05) is 6.07 Å². The maximum Gasteiger partial charge on any atom is 0.275 e. The van der Waals surface area contributed by atoms with Crippen molar-refractivity contribution in [2.75, 3.05) is 18.5 Å². The first-order valence-corrected chi connectivity index (χ1v) is 10.4. The van der Waals surface area contributed by atoms with Crippen molar-refractivity contribution in [2.24, 2.45) is 0 Å². The number of amides is 1. The van der Waals surface area contributed by atoms with E-state index >= 15 is 0 Å². The number of anilines is 1. The Balaban J connectivity index is 1.53. The molecule has 10 heteroatoms. The Morgan fingerprint density at radius 1 is 1.26 bits per heavy atom. The topological polar surface area (TPSA) is 122 Å². The fourth-order valence-corrected chi connectivity index (χ4v) is 3.57. The van der Waals surface area contributed by atoms with Gasteiger partial charge in [-0.3, -0.25) is 14.7 Å². The van der Waals surface area contributed by atoms with Crippen LogP contribution in [0.25, 0.3) is 11.5 Å². The van der Waals surface area contributed by atoms with Crippen LogP contribution in [0.15, 0.2) is 30.5 Å². The molecule has 162 valence electrons. The van der Waals surface area contributed by atoms with Crippen LogP contribution in [-0.4, -0.2) is 65.3 Å². The minimum absolute atomic E-state index is 0.104. The van der Waals surface area contributed by atoms with Crippen molar-refractivity contribution in [1.29, 1.82) is 0 Å². The van der Waals surface area contributed by atoms with Crippen LogP contribution in [0.3, 0.4) is 0 Å². The number of nitrogens with zero attached hydrogens (tertiary/aromatic N) is 7. The third kappa shape index (κ3) is 4.44. The van der Waals surface area contributed by atoms with Crippen LogP contribution >= 0.6 is 0 Å². The standard InChI is InChI=1S/C21H26N8O2/c1-13(2)28-8-7-15-10-22-18(9-16(15)11-28)21(31)24-19-6-4-5-17(23-19)20-25-26-27-29(20)14(3)12-30/h4-6,9-10,13-14,30H,7-8,11-12H2,1-3H3,(H,23,24,31)/t14-/m1/s1. The van der Waals surface area contributed by atoms with E-state index in [4.69, 9.17) is 0 Å². The molecule has 1 aliphatic heterocycles. The van der Waals surface area contributed by atoms with Gasteiger partial charge in [-0.15, -0.1) is 5.10 Å².